The molecule has 2 aromatic heterocycles. The molecule has 0 unspecified atom stereocenters. The molecular formula is C23H29N9O13S2. The minimum atomic E-state index is -5.18. The van der Waals surface area contributed by atoms with Gasteiger partial charge in [0.05, 0.1) is 24.5 Å². The number of aromatic hydroxyl groups is 1. The number of carboxylic acid groups (broad SMARTS) is 1. The molecule has 22 nitrogen and oxygen atoms in total. The van der Waals surface area contributed by atoms with Gasteiger partial charge in [-0.2, -0.15) is 13.1 Å². The van der Waals surface area contributed by atoms with Crippen LogP contribution in [0.15, 0.2) is 27.6 Å². The van der Waals surface area contributed by atoms with Crippen LogP contribution in [0.4, 0.5) is 9.93 Å². The van der Waals surface area contributed by atoms with E-state index in [1.165, 1.54) is 12.3 Å². The second kappa shape index (κ2) is 13.9. The molecule has 3 rings (SSSR count). The summed E-state index contributed by atoms with van der Waals surface area (Å²) in [6.45, 7) is 2.41. The molecule has 1 fully saturated rings. The number of β-lactam (4-membered cyclic amide) rings is 1. The first kappa shape index (κ1) is 36.0. The molecule has 0 bridgehead atoms. The van der Waals surface area contributed by atoms with Gasteiger partial charge in [-0.1, -0.05) is 5.16 Å². The van der Waals surface area contributed by atoms with Crippen LogP contribution in [0.3, 0.4) is 0 Å². The number of pyridine rings is 1. The molecule has 2 aromatic rings. The van der Waals surface area contributed by atoms with Crippen molar-refractivity contribution in [3.05, 3.63) is 39.3 Å². The zero-order chi connectivity index (χ0) is 35.4. The summed E-state index contributed by atoms with van der Waals surface area (Å²) in [6, 6.07) is -4.64. The molecular weight excluding hydrogens is 674 g/mol. The van der Waals surface area contributed by atoms with Crippen LogP contribution in [0.5, 0.6) is 5.75 Å². The Morgan fingerprint density at radius 1 is 1.23 bits per heavy atom. The van der Waals surface area contributed by atoms with E-state index < -0.39 is 93.7 Å². The van der Waals surface area contributed by atoms with Gasteiger partial charge in [-0.25, -0.2) is 18.9 Å². The van der Waals surface area contributed by atoms with Crippen molar-refractivity contribution in [2.24, 2.45) is 5.16 Å². The summed E-state index contributed by atoms with van der Waals surface area (Å²) in [5.41, 5.74) is 1.94. The molecule has 0 spiro atoms. The van der Waals surface area contributed by atoms with Crippen molar-refractivity contribution >= 4 is 62.2 Å². The van der Waals surface area contributed by atoms with Gasteiger partial charge in [-0.05, 0) is 20.8 Å². The van der Waals surface area contributed by atoms with Gasteiger partial charge in [-0.3, -0.25) is 23.7 Å². The van der Waals surface area contributed by atoms with E-state index in [9.17, 15) is 57.2 Å². The van der Waals surface area contributed by atoms with Crippen LogP contribution in [0.2, 0.25) is 0 Å². The number of carbonyl (C=O) groups is 5. The summed E-state index contributed by atoms with van der Waals surface area (Å²) in [5, 5.41) is 42.1. The lowest BCUT2D eigenvalue weighted by atomic mass is 9.98. The molecule has 3 heterocycles. The predicted molar refractivity (Wildman–Crippen MR) is 157 cm³/mol. The highest BCUT2D eigenvalue weighted by Gasteiger charge is 2.54. The van der Waals surface area contributed by atoms with E-state index in [1.807, 2.05) is 0 Å². The van der Waals surface area contributed by atoms with Crippen LogP contribution >= 0.6 is 11.3 Å². The van der Waals surface area contributed by atoms with Crippen LogP contribution < -0.4 is 32.4 Å². The van der Waals surface area contributed by atoms with E-state index in [0.29, 0.717) is 10.9 Å². The molecule has 24 heteroatoms. The normalized spacial score (nSPS) is 17.2. The number of nitrogens with one attached hydrogen (secondary N) is 4. The van der Waals surface area contributed by atoms with Gasteiger partial charge in [-0.15, -0.1) is 11.3 Å². The lowest BCUT2D eigenvalue weighted by molar-refractivity contribution is -0.161. The van der Waals surface area contributed by atoms with Gasteiger partial charge < -0.3 is 47.3 Å². The third-order valence-corrected chi connectivity index (χ3v) is 7.93. The zero-order valence-electron chi connectivity index (χ0n) is 24.5. The van der Waals surface area contributed by atoms with Gasteiger partial charge in [0.25, 0.3) is 11.8 Å². The first-order chi connectivity index (χ1) is 21.7. The van der Waals surface area contributed by atoms with Crippen molar-refractivity contribution < 1.29 is 57.2 Å². The van der Waals surface area contributed by atoms with Crippen molar-refractivity contribution in [2.45, 2.75) is 51.0 Å². The molecule has 5 amide bonds. The highest BCUT2D eigenvalue weighted by atomic mass is 32.2. The first-order valence-corrected chi connectivity index (χ1v) is 15.3. The number of aromatic nitrogens is 2. The van der Waals surface area contributed by atoms with Gasteiger partial charge in [0.1, 0.15) is 17.8 Å². The summed E-state index contributed by atoms with van der Waals surface area (Å²) in [4.78, 5) is 82.5. The SMILES string of the molecule is C[C@H](NC(=O)NCc1cc(=O)c(O)cn1O)C(=O)NC[C@H]1[C@H](NC(=O)C(=NOC(C)(C)C(=O)O)c2csc(N)n2)C(=O)N1S(=O)(=O)O. The number of aliphatic carboxylic acids is 1. The van der Waals surface area contributed by atoms with Crippen LogP contribution in [-0.2, 0) is 40.9 Å². The number of rotatable bonds is 13. The van der Waals surface area contributed by atoms with Crippen molar-refractivity contribution in [1.82, 2.24) is 35.3 Å². The lowest BCUT2D eigenvalue weighted by Crippen LogP contribution is -2.74. The molecule has 1 aliphatic heterocycles. The molecule has 3 atom stereocenters. The minimum absolute atomic E-state index is 0.00319. The third kappa shape index (κ3) is 8.61. The van der Waals surface area contributed by atoms with E-state index in [1.54, 1.807) is 0 Å². The molecule has 0 saturated carbocycles. The smallest absolute Gasteiger partial charge is 0.362 e. The van der Waals surface area contributed by atoms with Gasteiger partial charge in [0.15, 0.2) is 16.6 Å². The summed E-state index contributed by atoms with van der Waals surface area (Å²) in [5.74, 6) is -5.57. The van der Waals surface area contributed by atoms with Crippen molar-refractivity contribution in [3.63, 3.8) is 0 Å². The summed E-state index contributed by atoms with van der Waals surface area (Å²) < 4.78 is 33.7. The topological polar surface area (TPSA) is 334 Å². The minimum Gasteiger partial charge on any atom is -0.503 e. The summed E-state index contributed by atoms with van der Waals surface area (Å²) >= 11 is 0.886. The average Bonchev–Trinajstić information content (AvgIpc) is 3.39. The molecule has 0 aliphatic carbocycles. The quantitative estimate of drug-likeness (QED) is 0.0328. The Labute approximate surface area is 268 Å². The van der Waals surface area contributed by atoms with Crippen molar-refractivity contribution in [3.8, 4) is 5.75 Å². The molecule has 1 saturated heterocycles. The number of oxime groups is 1. The fourth-order valence-corrected chi connectivity index (χ4v) is 5.13. The Balaban J connectivity index is 1.69. The number of carboxylic acids is 1. The highest BCUT2D eigenvalue weighted by molar-refractivity contribution is 7.84. The molecule has 0 radical (unpaired) electrons. The fourth-order valence-electron chi connectivity index (χ4n) is 3.70. The number of urea groups is 1. The summed E-state index contributed by atoms with van der Waals surface area (Å²) in [7, 11) is -5.18. The van der Waals surface area contributed by atoms with Crippen LogP contribution in [-0.4, -0.2) is 108 Å². The van der Waals surface area contributed by atoms with Crippen LogP contribution in [0, 0.1) is 0 Å². The largest absolute Gasteiger partial charge is 0.503 e. The van der Waals surface area contributed by atoms with Gasteiger partial charge in [0.2, 0.25) is 16.9 Å². The Kier molecular flexibility index (Phi) is 10.6. The lowest BCUT2D eigenvalue weighted by Gasteiger charge is -2.44. The average molecular weight is 704 g/mol. The van der Waals surface area contributed by atoms with Crippen molar-refractivity contribution in [1.29, 1.82) is 0 Å². The number of anilines is 1. The Hall–Kier alpha value is -5.49. The van der Waals surface area contributed by atoms with Crippen LogP contribution in [0.25, 0.3) is 0 Å². The number of nitrogen functional groups attached to an aromatic ring is 1. The maximum absolute atomic E-state index is 13.2. The number of nitrogens with zero attached hydrogens (tertiary/aromatic N) is 4. The van der Waals surface area contributed by atoms with E-state index >= 15 is 0 Å². The van der Waals surface area contributed by atoms with Gasteiger partial charge >= 0.3 is 22.3 Å². The zero-order valence-corrected chi connectivity index (χ0v) is 26.2. The molecule has 47 heavy (non-hydrogen) atoms. The number of nitrogens with two attached hydrogens (primary N) is 1. The maximum Gasteiger partial charge on any atom is 0.362 e. The Bertz CT molecular complexity index is 1790. The number of hydrogen-bond donors (Lipinski definition) is 9. The fraction of sp³-hybridized carbons (Fsp3) is 0.391. The van der Waals surface area contributed by atoms with Crippen molar-refractivity contribution in [2.75, 3.05) is 12.3 Å². The van der Waals surface area contributed by atoms with E-state index in [2.05, 4.69) is 31.4 Å². The molecule has 256 valence electrons. The van der Waals surface area contributed by atoms with E-state index in [-0.39, 0.29) is 20.8 Å². The monoisotopic (exact) mass is 703 g/mol. The highest BCUT2D eigenvalue weighted by Crippen LogP contribution is 2.24. The maximum atomic E-state index is 13.2. The standard InChI is InChI=1S/C23H29N9O13S2/c1-9(27-22(40)26-5-10-4-13(33)14(34)7-31(10)41)17(35)25-6-12-16(19(37)32(12)47(42,43)44)29-18(36)15(11-8-46-21(24)28-11)30-45-23(2,3)20(38)39/h4,7-9,12,16,34,41H,5-6H2,1-3H3,(H2,24,28)(H,25,35)(H,29,36)(H,38,39)(H2,26,27,40)(H,42,43,44)/t9-,12-,16-/m0/s1. The van der Waals surface area contributed by atoms with Crippen LogP contribution in [0.1, 0.15) is 32.2 Å². The second-order valence-corrected chi connectivity index (χ2v) is 12.4. The summed E-state index contributed by atoms with van der Waals surface area (Å²) in [6.07, 6.45) is 0.709. The number of thiazole rings is 1. The van der Waals surface area contributed by atoms with E-state index in [4.69, 9.17) is 10.6 Å². The number of amides is 5. The van der Waals surface area contributed by atoms with Gasteiger partial charge in [0, 0.05) is 18.0 Å². The molecule has 10 N–H and O–H groups in total. The number of carbonyl (C=O) groups excluding carboxylic acids is 4. The second-order valence-electron chi connectivity index (χ2n) is 10.2. The Morgan fingerprint density at radius 3 is 2.47 bits per heavy atom. The van der Waals surface area contributed by atoms with E-state index in [0.717, 1.165) is 31.3 Å². The first-order valence-electron chi connectivity index (χ1n) is 13.0. The molecule has 0 aromatic carbocycles. The predicted octanol–water partition coefficient (Wildman–Crippen LogP) is -3.08. The molecule has 1 aliphatic rings. The Morgan fingerprint density at radius 2 is 1.89 bits per heavy atom. The third-order valence-electron chi connectivity index (χ3n) is 6.31. The number of hydrogen-bond acceptors (Lipinski definition) is 15.